The molecule has 0 atom stereocenters. The Morgan fingerprint density at radius 3 is 2.96 bits per heavy atom. The minimum atomic E-state index is -2.89. The summed E-state index contributed by atoms with van der Waals surface area (Å²) >= 11 is 7.10. The minimum Gasteiger partial charge on any atom is -0.435 e. The lowest BCUT2D eigenvalue weighted by Gasteiger charge is -2.02. The summed E-state index contributed by atoms with van der Waals surface area (Å²) < 4.78 is 31.1. The summed E-state index contributed by atoms with van der Waals surface area (Å²) in [5.74, 6) is -0.178. The van der Waals surface area contributed by atoms with Crippen LogP contribution in [0.2, 0.25) is 5.02 Å². The first-order chi connectivity index (χ1) is 11.9. The fourth-order valence-corrected chi connectivity index (χ4v) is 3.20. The molecule has 10 heteroatoms. The molecule has 1 amide bonds. The number of fused-ring (bicyclic) bond motifs is 1. The molecule has 0 unspecified atom stereocenters. The Balaban J connectivity index is 1.62. The SMILES string of the molecule is Cc1nn(CCC(=O)Nc2nc3ccc(OC(F)F)cc3s2)cc1Cl. The Morgan fingerprint density at radius 2 is 2.28 bits per heavy atom. The molecule has 0 aliphatic carbocycles. The maximum absolute atomic E-state index is 12.2. The van der Waals surface area contributed by atoms with Gasteiger partial charge in [0.05, 0.1) is 20.9 Å². The summed E-state index contributed by atoms with van der Waals surface area (Å²) in [7, 11) is 0. The molecule has 25 heavy (non-hydrogen) atoms. The summed E-state index contributed by atoms with van der Waals surface area (Å²) in [4.78, 5) is 16.3. The van der Waals surface area contributed by atoms with Crippen molar-refractivity contribution in [3.8, 4) is 5.75 Å². The van der Waals surface area contributed by atoms with Gasteiger partial charge in [-0.3, -0.25) is 9.48 Å². The van der Waals surface area contributed by atoms with Crippen molar-refractivity contribution >= 4 is 44.2 Å². The van der Waals surface area contributed by atoms with E-state index >= 15 is 0 Å². The number of alkyl halides is 2. The first kappa shape index (κ1) is 17.6. The van der Waals surface area contributed by atoms with E-state index in [2.05, 4.69) is 20.1 Å². The van der Waals surface area contributed by atoms with Gasteiger partial charge in [0.1, 0.15) is 5.75 Å². The second kappa shape index (κ2) is 7.32. The number of aryl methyl sites for hydroxylation is 2. The van der Waals surface area contributed by atoms with Crippen LogP contribution in [0, 0.1) is 6.92 Å². The van der Waals surface area contributed by atoms with Gasteiger partial charge in [0.2, 0.25) is 5.91 Å². The molecule has 3 aromatic rings. The van der Waals surface area contributed by atoms with Crippen LogP contribution < -0.4 is 10.1 Å². The maximum atomic E-state index is 12.2. The Hall–Kier alpha value is -2.26. The molecule has 2 heterocycles. The summed E-state index contributed by atoms with van der Waals surface area (Å²) in [6.07, 6.45) is 1.86. The van der Waals surface area contributed by atoms with Crippen molar-refractivity contribution in [1.29, 1.82) is 0 Å². The predicted octanol–water partition coefficient (Wildman–Crippen LogP) is 4.08. The number of benzene rings is 1. The molecule has 6 nitrogen and oxygen atoms in total. The molecular formula is C15H13ClF2N4O2S. The Kier molecular flexibility index (Phi) is 5.14. The molecule has 0 aliphatic rings. The van der Waals surface area contributed by atoms with Crippen LogP contribution in [0.25, 0.3) is 10.2 Å². The fraction of sp³-hybridized carbons (Fsp3) is 0.267. The number of nitrogens with zero attached hydrogens (tertiary/aromatic N) is 3. The van der Waals surface area contributed by atoms with Gasteiger partial charge in [-0.2, -0.15) is 13.9 Å². The molecule has 132 valence electrons. The number of hydrogen-bond acceptors (Lipinski definition) is 5. The highest BCUT2D eigenvalue weighted by atomic mass is 35.5. The standard InChI is InChI=1S/C15H13ClF2N4O2S/c1-8-10(16)7-22(21-8)5-4-13(23)20-15-19-11-3-2-9(24-14(17)18)6-12(11)25-15/h2-3,6-7,14H,4-5H2,1H3,(H,19,20,23). The van der Waals surface area contributed by atoms with Crippen LogP contribution in [0.5, 0.6) is 5.75 Å². The van der Waals surface area contributed by atoms with Crippen LogP contribution in [-0.2, 0) is 11.3 Å². The number of halogens is 3. The molecule has 3 rings (SSSR count). The highest BCUT2D eigenvalue weighted by Crippen LogP contribution is 2.29. The first-order valence-corrected chi connectivity index (χ1v) is 8.45. The van der Waals surface area contributed by atoms with E-state index in [1.807, 2.05) is 0 Å². The number of rotatable bonds is 6. The Bertz CT molecular complexity index is 893. The lowest BCUT2D eigenvalue weighted by Crippen LogP contribution is -2.14. The monoisotopic (exact) mass is 386 g/mol. The normalized spacial score (nSPS) is 11.2. The number of thiazole rings is 1. The summed E-state index contributed by atoms with van der Waals surface area (Å²) in [6, 6.07) is 4.43. The zero-order valence-corrected chi connectivity index (χ0v) is 14.6. The second-order valence-corrected chi connectivity index (χ2v) is 6.59. The topological polar surface area (TPSA) is 69.0 Å². The number of hydrogen-bond donors (Lipinski definition) is 1. The van der Waals surface area contributed by atoms with Gasteiger partial charge in [0.25, 0.3) is 0 Å². The number of carbonyl (C=O) groups excluding carboxylic acids is 1. The van der Waals surface area contributed by atoms with Crippen molar-refractivity contribution in [1.82, 2.24) is 14.8 Å². The molecule has 0 spiro atoms. The van der Waals surface area contributed by atoms with Gasteiger partial charge in [0.15, 0.2) is 5.13 Å². The third-order valence-corrected chi connectivity index (χ3v) is 4.59. The van der Waals surface area contributed by atoms with Crippen LogP contribution in [0.1, 0.15) is 12.1 Å². The first-order valence-electron chi connectivity index (χ1n) is 7.25. The Morgan fingerprint density at radius 1 is 1.48 bits per heavy atom. The molecule has 1 N–H and O–H groups in total. The number of anilines is 1. The maximum Gasteiger partial charge on any atom is 0.387 e. The van der Waals surface area contributed by atoms with Crippen molar-refractivity contribution in [2.75, 3.05) is 5.32 Å². The van der Waals surface area contributed by atoms with Crippen LogP contribution >= 0.6 is 22.9 Å². The largest absolute Gasteiger partial charge is 0.435 e. The number of ether oxygens (including phenoxy) is 1. The van der Waals surface area contributed by atoms with E-state index in [9.17, 15) is 13.6 Å². The van der Waals surface area contributed by atoms with Crippen LogP contribution in [0.3, 0.4) is 0 Å². The lowest BCUT2D eigenvalue weighted by molar-refractivity contribution is -0.116. The molecule has 1 aromatic carbocycles. The highest BCUT2D eigenvalue weighted by Gasteiger charge is 2.11. The van der Waals surface area contributed by atoms with E-state index < -0.39 is 6.61 Å². The van der Waals surface area contributed by atoms with Gasteiger partial charge in [-0.05, 0) is 25.1 Å². The number of amides is 1. The van der Waals surface area contributed by atoms with Crippen molar-refractivity contribution in [2.45, 2.75) is 26.5 Å². The smallest absolute Gasteiger partial charge is 0.387 e. The van der Waals surface area contributed by atoms with Crippen molar-refractivity contribution < 1.29 is 18.3 Å². The van der Waals surface area contributed by atoms with Gasteiger partial charge in [-0.25, -0.2) is 4.98 Å². The highest BCUT2D eigenvalue weighted by molar-refractivity contribution is 7.22. The zero-order valence-electron chi connectivity index (χ0n) is 13.0. The van der Waals surface area contributed by atoms with E-state index in [4.69, 9.17) is 11.6 Å². The van der Waals surface area contributed by atoms with Gasteiger partial charge in [-0.15, -0.1) is 0 Å². The van der Waals surface area contributed by atoms with Crippen molar-refractivity contribution in [3.63, 3.8) is 0 Å². The number of nitrogens with one attached hydrogen (secondary N) is 1. The Labute approximate surface area is 150 Å². The molecule has 0 radical (unpaired) electrons. The average Bonchev–Trinajstić information content (AvgIpc) is 3.07. The molecule has 0 fully saturated rings. The molecular weight excluding hydrogens is 374 g/mol. The van der Waals surface area contributed by atoms with Crippen LogP contribution in [0.15, 0.2) is 24.4 Å². The van der Waals surface area contributed by atoms with Gasteiger partial charge in [-0.1, -0.05) is 22.9 Å². The third kappa shape index (κ3) is 4.43. The average molecular weight is 387 g/mol. The molecule has 0 bridgehead atoms. The molecule has 0 aliphatic heterocycles. The van der Waals surface area contributed by atoms with E-state index in [-0.39, 0.29) is 18.1 Å². The van der Waals surface area contributed by atoms with E-state index in [0.29, 0.717) is 32.6 Å². The summed E-state index contributed by atoms with van der Waals surface area (Å²) in [6.45, 7) is -0.716. The molecule has 0 saturated carbocycles. The minimum absolute atomic E-state index is 0.0509. The van der Waals surface area contributed by atoms with Crippen LogP contribution in [-0.4, -0.2) is 27.3 Å². The van der Waals surface area contributed by atoms with Gasteiger partial charge in [0, 0.05) is 19.2 Å². The quantitative estimate of drug-likeness (QED) is 0.693. The summed E-state index contributed by atoms with van der Waals surface area (Å²) in [5, 5.41) is 7.80. The van der Waals surface area contributed by atoms with Gasteiger partial charge >= 0.3 is 6.61 Å². The zero-order chi connectivity index (χ0) is 18.0. The molecule has 0 saturated heterocycles. The van der Waals surface area contributed by atoms with E-state index in [0.717, 1.165) is 0 Å². The second-order valence-electron chi connectivity index (χ2n) is 5.15. The number of carbonyl (C=O) groups is 1. The van der Waals surface area contributed by atoms with Crippen molar-refractivity contribution in [3.05, 3.63) is 35.1 Å². The van der Waals surface area contributed by atoms with E-state index in [1.54, 1.807) is 23.9 Å². The van der Waals surface area contributed by atoms with Crippen LogP contribution in [0.4, 0.5) is 13.9 Å². The fourth-order valence-electron chi connectivity index (χ4n) is 2.14. The molecule has 2 aromatic heterocycles. The van der Waals surface area contributed by atoms with Crippen molar-refractivity contribution in [2.24, 2.45) is 0 Å². The third-order valence-electron chi connectivity index (χ3n) is 3.29. The summed E-state index contributed by atoms with van der Waals surface area (Å²) in [5.41, 5.74) is 1.30. The predicted molar refractivity (Wildman–Crippen MR) is 91.5 cm³/mol. The number of aromatic nitrogens is 3. The van der Waals surface area contributed by atoms with E-state index in [1.165, 1.54) is 23.5 Å². The van der Waals surface area contributed by atoms with Gasteiger partial charge < -0.3 is 10.1 Å². The lowest BCUT2D eigenvalue weighted by atomic mass is 10.3.